The molecule has 0 saturated carbocycles. The molecule has 1 aromatic rings. The zero-order valence-corrected chi connectivity index (χ0v) is 20.5. The smallest absolute Gasteiger partial charge is 0.337 e. The van der Waals surface area contributed by atoms with Crippen LogP contribution in [0.3, 0.4) is 0 Å². The third-order valence-corrected chi connectivity index (χ3v) is 7.63. The van der Waals surface area contributed by atoms with Gasteiger partial charge in [-0.1, -0.05) is 41.5 Å². The lowest BCUT2D eigenvalue weighted by atomic mass is 9.79. The van der Waals surface area contributed by atoms with Crippen LogP contribution in [0, 0.1) is 0 Å². The number of phenolic OH excluding ortho intramolecular Hbond substituents is 1. The first-order valence-electron chi connectivity index (χ1n) is 9.27. The summed E-state index contributed by atoms with van der Waals surface area (Å²) in [7, 11) is -0.860. The minimum Gasteiger partial charge on any atom is -0.507 e. The zero-order chi connectivity index (χ0) is 22.1. The molecule has 0 aliphatic rings. The van der Waals surface area contributed by atoms with Crippen molar-refractivity contribution in [3.63, 3.8) is 0 Å². The van der Waals surface area contributed by atoms with Crippen molar-refractivity contribution >= 4 is 25.1 Å². The van der Waals surface area contributed by atoms with Crippen LogP contribution in [0.5, 0.6) is 5.75 Å². The second-order valence-electron chi connectivity index (χ2n) is 9.54. The molecule has 0 aromatic heterocycles. The number of thioether (sulfide) groups is 1. The number of hydrogen-bond acceptors (Lipinski definition) is 6. The van der Waals surface area contributed by atoms with E-state index in [9.17, 15) is 14.5 Å². The summed E-state index contributed by atoms with van der Waals surface area (Å²) in [6, 6.07) is 3.88. The van der Waals surface area contributed by atoms with Gasteiger partial charge in [0.2, 0.25) is 0 Å². The maximum absolute atomic E-state index is 12.8. The van der Waals surface area contributed by atoms with E-state index in [2.05, 4.69) is 0 Å². The highest BCUT2D eigenvalue weighted by Gasteiger charge is 2.37. The van der Waals surface area contributed by atoms with E-state index >= 15 is 0 Å². The highest BCUT2D eigenvalue weighted by molar-refractivity contribution is 8.01. The number of hydrogen-bond donors (Lipinski definition) is 1. The van der Waals surface area contributed by atoms with Gasteiger partial charge in [-0.3, -0.25) is 9.36 Å². The number of phenols is 1. The Morgan fingerprint density at radius 1 is 0.964 bits per heavy atom. The molecule has 0 aliphatic carbocycles. The summed E-state index contributed by atoms with van der Waals surface area (Å²) < 4.78 is 21.4. The molecular formula is C21H35O5PS. The summed E-state index contributed by atoms with van der Waals surface area (Å²) in [6.45, 7) is 15.9. The summed E-state index contributed by atoms with van der Waals surface area (Å²) in [5.41, 5.74) is 1.17. The Labute approximate surface area is 174 Å². The number of aromatic hydroxyl groups is 1. The van der Waals surface area contributed by atoms with Crippen LogP contribution in [-0.4, -0.2) is 36.0 Å². The molecule has 0 unspecified atom stereocenters. The number of rotatable bonds is 7. The molecule has 28 heavy (non-hydrogen) atoms. The molecule has 5 nitrogen and oxygen atoms in total. The normalized spacial score (nSPS) is 13.6. The van der Waals surface area contributed by atoms with Crippen molar-refractivity contribution in [2.45, 2.75) is 75.9 Å². The summed E-state index contributed by atoms with van der Waals surface area (Å²) >= 11 is 1.39. The van der Waals surface area contributed by atoms with Gasteiger partial charge in [-0.2, -0.15) is 0 Å². The van der Waals surface area contributed by atoms with Gasteiger partial charge in [-0.05, 0) is 36.8 Å². The Morgan fingerprint density at radius 2 is 1.36 bits per heavy atom. The first-order valence-corrected chi connectivity index (χ1v) is 11.8. The lowest BCUT2D eigenvalue weighted by molar-refractivity contribution is -0.118. The predicted molar refractivity (Wildman–Crippen MR) is 117 cm³/mol. The fourth-order valence-electron chi connectivity index (χ4n) is 2.73. The minimum atomic E-state index is -3.42. The topological polar surface area (TPSA) is 72.8 Å². The molecule has 0 atom stereocenters. The SMILES string of the molecule is COP(=O)(CC(=O)C(C)(C)Sc1cc(C(C)(C)C)c(O)c(C(C)(C)C)c1)OC. The Balaban J connectivity index is 3.37. The standard InChI is InChI=1S/C21H35O5PS/c1-19(2,3)15-11-14(12-16(18(15)23)20(4,5)6)28-21(7,8)17(22)13-27(24,25-9)26-10/h11-12,23H,13H2,1-10H3. The van der Waals surface area contributed by atoms with Crippen LogP contribution in [-0.2, 0) is 29.2 Å². The van der Waals surface area contributed by atoms with Gasteiger partial charge >= 0.3 is 7.60 Å². The number of carbonyl (C=O) groups is 1. The van der Waals surface area contributed by atoms with Crippen molar-refractivity contribution in [2.24, 2.45) is 0 Å². The molecule has 160 valence electrons. The van der Waals surface area contributed by atoms with Crippen LogP contribution in [0.25, 0.3) is 0 Å². The molecule has 0 bridgehead atoms. The third-order valence-electron chi connectivity index (χ3n) is 4.64. The molecule has 1 rings (SSSR count). The molecule has 0 fully saturated rings. The van der Waals surface area contributed by atoms with Gasteiger partial charge in [-0.15, -0.1) is 11.8 Å². The van der Waals surface area contributed by atoms with Crippen molar-refractivity contribution in [1.82, 2.24) is 0 Å². The van der Waals surface area contributed by atoms with Crippen LogP contribution in [0.1, 0.15) is 66.5 Å². The van der Waals surface area contributed by atoms with Crippen LogP contribution in [0.4, 0.5) is 0 Å². The minimum absolute atomic E-state index is 0.216. The van der Waals surface area contributed by atoms with Crippen molar-refractivity contribution in [1.29, 1.82) is 0 Å². The van der Waals surface area contributed by atoms with Crippen LogP contribution < -0.4 is 0 Å². The van der Waals surface area contributed by atoms with Gasteiger partial charge in [0, 0.05) is 30.2 Å². The molecule has 7 heteroatoms. The van der Waals surface area contributed by atoms with Gasteiger partial charge < -0.3 is 14.2 Å². The summed E-state index contributed by atoms with van der Waals surface area (Å²) in [4.78, 5) is 13.7. The number of Topliss-reactive ketones (excluding diaryl/α,β-unsaturated/α-hetero) is 1. The highest BCUT2D eigenvalue weighted by atomic mass is 32.2. The molecule has 0 amide bonds. The fraction of sp³-hybridized carbons (Fsp3) is 0.667. The van der Waals surface area contributed by atoms with E-state index < -0.39 is 12.3 Å². The Kier molecular flexibility index (Phi) is 7.67. The molecule has 1 aromatic carbocycles. The summed E-state index contributed by atoms with van der Waals surface area (Å²) in [6.07, 6.45) is -0.281. The maximum Gasteiger partial charge on any atom is 0.337 e. The lowest BCUT2D eigenvalue weighted by Gasteiger charge is -2.30. The van der Waals surface area contributed by atoms with E-state index in [4.69, 9.17) is 9.05 Å². The second-order valence-corrected chi connectivity index (χ2v) is 13.5. The maximum atomic E-state index is 12.8. The first kappa shape index (κ1) is 25.2. The predicted octanol–water partition coefficient (Wildman–Crippen LogP) is 5.91. The first-order chi connectivity index (χ1) is 12.5. The molecule has 0 radical (unpaired) electrons. The van der Waals surface area contributed by atoms with Crippen molar-refractivity contribution in [3.8, 4) is 5.75 Å². The molecule has 1 N–H and O–H groups in total. The molecule has 0 heterocycles. The zero-order valence-electron chi connectivity index (χ0n) is 18.8. The Bertz CT molecular complexity index is 729. The monoisotopic (exact) mass is 430 g/mol. The summed E-state index contributed by atoms with van der Waals surface area (Å²) in [5.74, 6) is 0.0870. The average molecular weight is 431 g/mol. The van der Waals surface area contributed by atoms with E-state index in [0.717, 1.165) is 16.0 Å². The van der Waals surface area contributed by atoms with E-state index in [1.165, 1.54) is 26.0 Å². The Morgan fingerprint density at radius 3 is 1.68 bits per heavy atom. The van der Waals surface area contributed by atoms with E-state index in [0.29, 0.717) is 5.75 Å². The molecular weight excluding hydrogens is 395 g/mol. The summed E-state index contributed by atoms with van der Waals surface area (Å²) in [5, 5.41) is 10.9. The molecule has 0 spiro atoms. The second kappa shape index (κ2) is 8.51. The third kappa shape index (κ3) is 6.09. The average Bonchev–Trinajstić information content (AvgIpc) is 2.53. The van der Waals surface area contributed by atoms with Gasteiger partial charge in [0.25, 0.3) is 0 Å². The molecule has 0 aliphatic heterocycles. The van der Waals surface area contributed by atoms with Crippen LogP contribution in [0.15, 0.2) is 17.0 Å². The number of benzene rings is 1. The number of ketones is 1. The van der Waals surface area contributed by atoms with Crippen molar-refractivity contribution in [2.75, 3.05) is 20.4 Å². The van der Waals surface area contributed by atoms with E-state index in [1.807, 2.05) is 53.7 Å². The van der Waals surface area contributed by atoms with E-state index in [-0.39, 0.29) is 22.8 Å². The van der Waals surface area contributed by atoms with E-state index in [1.54, 1.807) is 13.8 Å². The van der Waals surface area contributed by atoms with Gasteiger partial charge in [-0.25, -0.2) is 0 Å². The van der Waals surface area contributed by atoms with Crippen molar-refractivity contribution in [3.05, 3.63) is 23.3 Å². The molecule has 0 saturated heterocycles. The van der Waals surface area contributed by atoms with Crippen LogP contribution in [0.2, 0.25) is 0 Å². The largest absolute Gasteiger partial charge is 0.507 e. The van der Waals surface area contributed by atoms with Gasteiger partial charge in [0.05, 0.1) is 4.75 Å². The number of carbonyl (C=O) groups excluding carboxylic acids is 1. The van der Waals surface area contributed by atoms with Gasteiger partial charge in [0.1, 0.15) is 11.9 Å². The quantitative estimate of drug-likeness (QED) is 0.428. The lowest BCUT2D eigenvalue weighted by Crippen LogP contribution is -2.31. The Hall–Kier alpha value is -0.810. The van der Waals surface area contributed by atoms with Crippen LogP contribution >= 0.6 is 19.4 Å². The fourth-order valence-corrected chi connectivity index (χ4v) is 5.12. The van der Waals surface area contributed by atoms with Crippen molar-refractivity contribution < 1.29 is 23.5 Å². The highest BCUT2D eigenvalue weighted by Crippen LogP contribution is 2.49. The van der Waals surface area contributed by atoms with Gasteiger partial charge in [0.15, 0.2) is 5.78 Å².